The zero-order valence-corrected chi connectivity index (χ0v) is 9.51. The fourth-order valence-corrected chi connectivity index (χ4v) is 2.64. The van der Waals surface area contributed by atoms with Gasteiger partial charge in [0.2, 0.25) is 0 Å². The first-order valence-electron chi connectivity index (χ1n) is 4.57. The van der Waals surface area contributed by atoms with E-state index in [0.717, 1.165) is 5.92 Å². The minimum absolute atomic E-state index is 0.774. The van der Waals surface area contributed by atoms with Crippen molar-refractivity contribution in [2.45, 2.75) is 41.0 Å². The maximum Gasteiger partial charge on any atom is 0.00518 e. The highest BCUT2D eigenvalue weighted by atomic mass is 32.1. The summed E-state index contributed by atoms with van der Waals surface area (Å²) >= 11 is 1.94. The molecule has 0 fully saturated rings. The molecule has 0 saturated heterocycles. The van der Waals surface area contributed by atoms with Gasteiger partial charge in [-0.1, -0.05) is 13.8 Å². The Labute approximate surface area is 79.6 Å². The monoisotopic (exact) mass is 182 g/mol. The number of thiophene rings is 1. The molecule has 0 aliphatic rings. The van der Waals surface area contributed by atoms with Crippen LogP contribution in [0.4, 0.5) is 0 Å². The van der Waals surface area contributed by atoms with Crippen LogP contribution in [-0.2, 0) is 6.42 Å². The second-order valence-corrected chi connectivity index (χ2v) is 5.34. The first-order chi connectivity index (χ1) is 5.52. The summed E-state index contributed by atoms with van der Waals surface area (Å²) in [6.45, 7) is 11.3. The van der Waals surface area contributed by atoms with Gasteiger partial charge in [0.15, 0.2) is 0 Å². The molecule has 0 radical (unpaired) electrons. The van der Waals surface area contributed by atoms with Crippen LogP contribution in [0.1, 0.15) is 34.7 Å². The minimum Gasteiger partial charge on any atom is -0.145 e. The Morgan fingerprint density at radius 3 is 2.00 bits per heavy atom. The molecule has 0 atom stereocenters. The third-order valence-corrected chi connectivity index (χ3v) is 3.49. The molecule has 1 aromatic rings. The van der Waals surface area contributed by atoms with Crippen molar-refractivity contribution in [3.8, 4) is 0 Å². The summed E-state index contributed by atoms with van der Waals surface area (Å²) in [6.07, 6.45) is 1.24. The summed E-state index contributed by atoms with van der Waals surface area (Å²) in [6, 6.07) is 0. The fraction of sp³-hybridized carbons (Fsp3) is 0.636. The van der Waals surface area contributed by atoms with E-state index in [2.05, 4.69) is 34.6 Å². The van der Waals surface area contributed by atoms with Crippen molar-refractivity contribution in [3.63, 3.8) is 0 Å². The van der Waals surface area contributed by atoms with Crippen molar-refractivity contribution in [1.29, 1.82) is 0 Å². The summed E-state index contributed by atoms with van der Waals surface area (Å²) in [7, 11) is 0. The highest BCUT2D eigenvalue weighted by Crippen LogP contribution is 2.28. The Hall–Kier alpha value is -0.300. The summed E-state index contributed by atoms with van der Waals surface area (Å²) in [5, 5.41) is 0. The molecule has 0 amide bonds. The predicted octanol–water partition coefficient (Wildman–Crippen LogP) is 3.87. The van der Waals surface area contributed by atoms with E-state index in [-0.39, 0.29) is 0 Å². The Bertz CT molecular complexity index is 269. The quantitative estimate of drug-likeness (QED) is 0.651. The smallest absolute Gasteiger partial charge is 0.00518 e. The number of aryl methyl sites for hydroxylation is 2. The molecule has 0 saturated carbocycles. The van der Waals surface area contributed by atoms with E-state index in [0.29, 0.717) is 0 Å². The molecule has 0 aromatic carbocycles. The summed E-state index contributed by atoms with van der Waals surface area (Å²) < 4.78 is 0. The van der Waals surface area contributed by atoms with Gasteiger partial charge in [-0.05, 0) is 44.2 Å². The lowest BCUT2D eigenvalue weighted by Crippen LogP contribution is -1.95. The molecule has 12 heavy (non-hydrogen) atoms. The SMILES string of the molecule is Cc1sc(C)c(CC(C)C)c1C. The van der Waals surface area contributed by atoms with Crippen LogP contribution in [0.3, 0.4) is 0 Å². The van der Waals surface area contributed by atoms with Crippen molar-refractivity contribution >= 4 is 11.3 Å². The largest absolute Gasteiger partial charge is 0.145 e. The standard InChI is InChI=1S/C11H18S/c1-7(2)6-11-8(3)9(4)12-10(11)5/h7H,6H2,1-5H3. The van der Waals surface area contributed by atoms with Crippen LogP contribution in [0, 0.1) is 26.7 Å². The average Bonchev–Trinajstić information content (AvgIpc) is 2.16. The second kappa shape index (κ2) is 3.61. The van der Waals surface area contributed by atoms with Gasteiger partial charge in [-0.25, -0.2) is 0 Å². The number of hydrogen-bond acceptors (Lipinski definition) is 1. The predicted molar refractivity (Wildman–Crippen MR) is 57.1 cm³/mol. The number of rotatable bonds is 2. The molecule has 0 aliphatic carbocycles. The topological polar surface area (TPSA) is 0 Å². The lowest BCUT2D eigenvalue weighted by Gasteiger charge is -2.05. The van der Waals surface area contributed by atoms with Gasteiger partial charge in [0.05, 0.1) is 0 Å². The highest BCUT2D eigenvalue weighted by Gasteiger charge is 2.09. The third-order valence-electron chi connectivity index (χ3n) is 2.32. The lowest BCUT2D eigenvalue weighted by molar-refractivity contribution is 0.644. The van der Waals surface area contributed by atoms with Crippen molar-refractivity contribution in [2.24, 2.45) is 5.92 Å². The molecule has 0 bridgehead atoms. The highest BCUT2D eigenvalue weighted by molar-refractivity contribution is 7.12. The average molecular weight is 182 g/mol. The summed E-state index contributed by atoms with van der Waals surface area (Å²) in [5.74, 6) is 0.774. The molecule has 0 aliphatic heterocycles. The summed E-state index contributed by atoms with van der Waals surface area (Å²) in [5.41, 5.74) is 3.11. The maximum absolute atomic E-state index is 2.28. The third kappa shape index (κ3) is 1.89. The lowest BCUT2D eigenvalue weighted by atomic mass is 10.00. The van der Waals surface area contributed by atoms with E-state index >= 15 is 0 Å². The molecule has 1 aromatic heterocycles. The van der Waals surface area contributed by atoms with Crippen molar-refractivity contribution in [1.82, 2.24) is 0 Å². The van der Waals surface area contributed by atoms with Gasteiger partial charge in [0.1, 0.15) is 0 Å². The van der Waals surface area contributed by atoms with Crippen LogP contribution in [0.5, 0.6) is 0 Å². The van der Waals surface area contributed by atoms with Crippen LogP contribution in [0.2, 0.25) is 0 Å². The van der Waals surface area contributed by atoms with E-state index < -0.39 is 0 Å². The van der Waals surface area contributed by atoms with Gasteiger partial charge in [-0.3, -0.25) is 0 Å². The summed E-state index contributed by atoms with van der Waals surface area (Å²) in [4.78, 5) is 3.00. The van der Waals surface area contributed by atoms with Crippen LogP contribution in [-0.4, -0.2) is 0 Å². The van der Waals surface area contributed by atoms with Crippen LogP contribution < -0.4 is 0 Å². The van der Waals surface area contributed by atoms with Crippen LogP contribution in [0.25, 0.3) is 0 Å². The van der Waals surface area contributed by atoms with Crippen molar-refractivity contribution in [2.75, 3.05) is 0 Å². The molecular formula is C11H18S. The van der Waals surface area contributed by atoms with E-state index in [1.807, 2.05) is 11.3 Å². The van der Waals surface area contributed by atoms with E-state index in [1.165, 1.54) is 21.7 Å². The maximum atomic E-state index is 2.28. The Kier molecular flexibility index (Phi) is 2.94. The molecule has 1 heterocycles. The molecule has 0 nitrogen and oxygen atoms in total. The molecule has 0 spiro atoms. The fourth-order valence-electron chi connectivity index (χ4n) is 1.55. The minimum atomic E-state index is 0.774. The molecule has 1 rings (SSSR count). The molecule has 0 N–H and O–H groups in total. The Morgan fingerprint density at radius 2 is 1.67 bits per heavy atom. The zero-order chi connectivity index (χ0) is 9.30. The van der Waals surface area contributed by atoms with Gasteiger partial charge in [-0.2, -0.15) is 0 Å². The zero-order valence-electron chi connectivity index (χ0n) is 8.69. The van der Waals surface area contributed by atoms with E-state index in [9.17, 15) is 0 Å². The van der Waals surface area contributed by atoms with Gasteiger partial charge in [-0.15, -0.1) is 11.3 Å². The van der Waals surface area contributed by atoms with Gasteiger partial charge < -0.3 is 0 Å². The van der Waals surface area contributed by atoms with Gasteiger partial charge >= 0.3 is 0 Å². The van der Waals surface area contributed by atoms with Crippen LogP contribution >= 0.6 is 11.3 Å². The van der Waals surface area contributed by atoms with Gasteiger partial charge in [0.25, 0.3) is 0 Å². The first kappa shape index (κ1) is 9.79. The molecular weight excluding hydrogens is 164 g/mol. The van der Waals surface area contributed by atoms with Crippen LogP contribution in [0.15, 0.2) is 0 Å². The Morgan fingerprint density at radius 1 is 1.08 bits per heavy atom. The molecule has 1 heteroatoms. The van der Waals surface area contributed by atoms with Crippen molar-refractivity contribution < 1.29 is 0 Å². The molecule has 0 unspecified atom stereocenters. The molecule has 68 valence electrons. The van der Waals surface area contributed by atoms with E-state index in [4.69, 9.17) is 0 Å². The van der Waals surface area contributed by atoms with Gasteiger partial charge in [0, 0.05) is 9.75 Å². The van der Waals surface area contributed by atoms with Crippen molar-refractivity contribution in [3.05, 3.63) is 20.9 Å². The second-order valence-electron chi connectivity index (χ2n) is 3.92. The number of hydrogen-bond donors (Lipinski definition) is 0. The normalized spacial score (nSPS) is 11.2. The first-order valence-corrected chi connectivity index (χ1v) is 5.39. The van der Waals surface area contributed by atoms with E-state index in [1.54, 1.807) is 5.56 Å². The Balaban J connectivity index is 2.97.